The number of hydrogen-bond donors (Lipinski definition) is 3. The van der Waals surface area contributed by atoms with Gasteiger partial charge in [-0.2, -0.15) is 0 Å². The quantitative estimate of drug-likeness (QED) is 0.405. The van der Waals surface area contributed by atoms with Crippen LogP contribution in [0, 0.1) is 0 Å². The van der Waals surface area contributed by atoms with E-state index in [4.69, 9.17) is 0 Å². The van der Waals surface area contributed by atoms with Crippen LogP contribution in [0.4, 0.5) is 5.69 Å². The van der Waals surface area contributed by atoms with E-state index in [1.807, 2.05) is 0 Å². The monoisotopic (exact) mass is 419 g/mol. The predicted molar refractivity (Wildman–Crippen MR) is 109 cm³/mol. The summed E-state index contributed by atoms with van der Waals surface area (Å²) in [6.45, 7) is 0. The van der Waals surface area contributed by atoms with Gasteiger partial charge in [-0.15, -0.1) is 0 Å². The van der Waals surface area contributed by atoms with E-state index >= 15 is 0 Å². The Hall–Kier alpha value is -3.98. The topological polar surface area (TPSA) is 129 Å². The number of aromatic nitrogens is 2. The minimum absolute atomic E-state index is 0.0385. The van der Waals surface area contributed by atoms with Crippen molar-refractivity contribution in [2.75, 3.05) is 5.32 Å². The number of aromatic amines is 2. The van der Waals surface area contributed by atoms with E-state index in [1.165, 1.54) is 30.3 Å². The first kappa shape index (κ1) is 18.1. The molecule has 0 atom stereocenters. The van der Waals surface area contributed by atoms with Gasteiger partial charge in [-0.1, -0.05) is 12.1 Å². The van der Waals surface area contributed by atoms with Gasteiger partial charge < -0.3 is 15.3 Å². The van der Waals surface area contributed by atoms with Crippen molar-refractivity contribution in [3.8, 4) is 0 Å². The van der Waals surface area contributed by atoms with Gasteiger partial charge >= 0.3 is 5.69 Å². The molecule has 0 saturated heterocycles. The number of hydrogen-bond acceptors (Lipinski definition) is 5. The summed E-state index contributed by atoms with van der Waals surface area (Å²) in [5, 5.41) is 2.67. The maximum Gasteiger partial charge on any atom is 0.323 e. The van der Waals surface area contributed by atoms with Gasteiger partial charge in [0.2, 0.25) is 9.84 Å². The Morgan fingerprint density at radius 1 is 0.800 bits per heavy atom. The first-order valence-corrected chi connectivity index (χ1v) is 10.4. The van der Waals surface area contributed by atoms with Crippen molar-refractivity contribution in [1.82, 2.24) is 9.97 Å². The molecule has 0 aliphatic carbocycles. The second-order valence-electron chi connectivity index (χ2n) is 6.83. The van der Waals surface area contributed by atoms with Crippen LogP contribution < -0.4 is 11.0 Å². The van der Waals surface area contributed by atoms with Crippen LogP contribution in [0.25, 0.3) is 11.0 Å². The third kappa shape index (κ3) is 2.67. The van der Waals surface area contributed by atoms with Crippen molar-refractivity contribution in [3.63, 3.8) is 0 Å². The van der Waals surface area contributed by atoms with E-state index in [0.717, 1.165) is 0 Å². The molecule has 0 fully saturated rings. The Kier molecular flexibility index (Phi) is 3.77. The lowest BCUT2D eigenvalue weighted by molar-refractivity contribution is 0.101. The zero-order valence-electron chi connectivity index (χ0n) is 15.2. The Morgan fingerprint density at radius 3 is 2.37 bits per heavy atom. The summed E-state index contributed by atoms with van der Waals surface area (Å²) in [5.74, 6) is -0.944. The fraction of sp³-hybridized carbons (Fsp3) is 0. The minimum Gasteiger partial charge on any atom is -0.322 e. The highest BCUT2D eigenvalue weighted by molar-refractivity contribution is 7.91. The average Bonchev–Trinajstić information content (AvgIpc) is 3.11. The van der Waals surface area contributed by atoms with Gasteiger partial charge in [0.25, 0.3) is 5.91 Å². The van der Waals surface area contributed by atoms with E-state index < -0.39 is 21.5 Å². The van der Waals surface area contributed by atoms with E-state index in [0.29, 0.717) is 16.7 Å². The number of nitrogens with one attached hydrogen (secondary N) is 3. The largest absolute Gasteiger partial charge is 0.323 e. The van der Waals surface area contributed by atoms with Crippen LogP contribution in [0.2, 0.25) is 0 Å². The Labute approximate surface area is 169 Å². The summed E-state index contributed by atoms with van der Waals surface area (Å²) >= 11 is 0. The summed E-state index contributed by atoms with van der Waals surface area (Å²) in [7, 11) is -3.93. The number of rotatable bonds is 2. The zero-order valence-corrected chi connectivity index (χ0v) is 16.0. The maximum absolute atomic E-state index is 13.0. The predicted octanol–water partition coefficient (Wildman–Crippen LogP) is 2.49. The number of carbonyl (C=O) groups excluding carboxylic acids is 2. The number of ketones is 1. The van der Waals surface area contributed by atoms with Crippen LogP contribution in [0.1, 0.15) is 26.3 Å². The SMILES string of the molecule is O=C(Nc1ccc2[nH]c(=O)[nH]c2c1)c1ccc2c(c1)S(=O)(=O)c1ccccc1C2=O. The van der Waals surface area contributed by atoms with Crippen molar-refractivity contribution < 1.29 is 18.0 Å². The van der Waals surface area contributed by atoms with Crippen LogP contribution in [-0.2, 0) is 9.84 Å². The van der Waals surface area contributed by atoms with Gasteiger partial charge in [0.15, 0.2) is 5.78 Å². The molecule has 1 aliphatic heterocycles. The molecule has 1 aromatic heterocycles. The Balaban J connectivity index is 1.53. The second-order valence-corrected chi connectivity index (χ2v) is 8.72. The highest BCUT2D eigenvalue weighted by Crippen LogP contribution is 2.34. The number of amides is 1. The summed E-state index contributed by atoms with van der Waals surface area (Å²) in [6.07, 6.45) is 0. The number of H-pyrrole nitrogens is 2. The molecule has 3 N–H and O–H groups in total. The molecule has 148 valence electrons. The molecular weight excluding hydrogens is 406 g/mol. The number of fused-ring (bicyclic) bond motifs is 3. The minimum atomic E-state index is -3.93. The van der Waals surface area contributed by atoms with E-state index in [1.54, 1.807) is 30.3 Å². The molecule has 1 amide bonds. The second kappa shape index (κ2) is 6.26. The van der Waals surface area contributed by atoms with Crippen molar-refractivity contribution in [3.05, 3.63) is 87.8 Å². The number of sulfone groups is 1. The molecule has 3 aromatic carbocycles. The third-order valence-electron chi connectivity index (χ3n) is 4.97. The van der Waals surface area contributed by atoms with E-state index in [2.05, 4.69) is 15.3 Å². The summed E-state index contributed by atoms with van der Waals surface area (Å²) in [6, 6.07) is 14.8. The molecule has 8 nitrogen and oxygen atoms in total. The molecule has 5 rings (SSSR count). The first-order chi connectivity index (χ1) is 14.3. The molecule has 2 heterocycles. The normalized spacial score (nSPS) is 14.2. The number of imidazole rings is 1. The molecule has 0 unspecified atom stereocenters. The summed E-state index contributed by atoms with van der Waals surface area (Å²) < 4.78 is 26.0. The van der Waals surface area contributed by atoms with Crippen LogP contribution in [0.15, 0.2) is 75.2 Å². The lowest BCUT2D eigenvalue weighted by Gasteiger charge is -2.19. The van der Waals surface area contributed by atoms with Crippen LogP contribution in [0.5, 0.6) is 0 Å². The van der Waals surface area contributed by atoms with E-state index in [-0.39, 0.29) is 32.2 Å². The molecule has 30 heavy (non-hydrogen) atoms. The molecule has 4 aromatic rings. The highest BCUT2D eigenvalue weighted by Gasteiger charge is 2.35. The third-order valence-corrected chi connectivity index (χ3v) is 6.82. The van der Waals surface area contributed by atoms with Crippen molar-refractivity contribution in [1.29, 1.82) is 0 Å². The zero-order chi connectivity index (χ0) is 21.0. The smallest absolute Gasteiger partial charge is 0.322 e. The number of carbonyl (C=O) groups is 2. The lowest BCUT2D eigenvalue weighted by atomic mass is 10.0. The number of anilines is 1. The molecule has 0 spiro atoms. The van der Waals surface area contributed by atoms with Gasteiger partial charge in [-0.25, -0.2) is 13.2 Å². The molecule has 0 saturated carbocycles. The van der Waals surface area contributed by atoms with Crippen molar-refractivity contribution >= 4 is 38.2 Å². The van der Waals surface area contributed by atoms with Gasteiger partial charge in [0, 0.05) is 22.4 Å². The molecule has 0 radical (unpaired) electrons. The maximum atomic E-state index is 13.0. The van der Waals surface area contributed by atoms with Crippen molar-refractivity contribution in [2.24, 2.45) is 0 Å². The fourth-order valence-corrected chi connectivity index (χ4v) is 5.22. The van der Waals surface area contributed by atoms with E-state index in [9.17, 15) is 22.8 Å². The number of benzene rings is 3. The Bertz CT molecular complexity index is 1550. The molecular formula is C21H13N3O5S. The van der Waals surface area contributed by atoms with Crippen LogP contribution in [-0.4, -0.2) is 30.1 Å². The van der Waals surface area contributed by atoms with Gasteiger partial charge in [-0.3, -0.25) is 9.59 Å². The lowest BCUT2D eigenvalue weighted by Crippen LogP contribution is -2.21. The molecule has 1 aliphatic rings. The molecule has 9 heteroatoms. The summed E-state index contributed by atoms with van der Waals surface area (Å²) in [5.41, 5.74) is 1.42. The first-order valence-electron chi connectivity index (χ1n) is 8.91. The average molecular weight is 419 g/mol. The summed E-state index contributed by atoms with van der Waals surface area (Å²) in [4.78, 5) is 41.7. The highest BCUT2D eigenvalue weighted by atomic mass is 32.2. The Morgan fingerprint density at radius 2 is 1.53 bits per heavy atom. The fourth-order valence-electron chi connectivity index (χ4n) is 3.54. The van der Waals surface area contributed by atoms with Gasteiger partial charge in [-0.05, 0) is 48.5 Å². The molecule has 0 bridgehead atoms. The van der Waals surface area contributed by atoms with Gasteiger partial charge in [0.1, 0.15) is 0 Å². The van der Waals surface area contributed by atoms with Crippen LogP contribution in [0.3, 0.4) is 0 Å². The standard InChI is InChI=1S/C21H13N3O5S/c25-19-13-3-1-2-4-17(13)30(28,29)18-9-11(5-7-14(18)19)20(26)22-12-6-8-15-16(10-12)24-21(27)23-15/h1-10H,(H,22,26)(H2,23,24,27). The van der Waals surface area contributed by atoms with Crippen LogP contribution >= 0.6 is 0 Å². The van der Waals surface area contributed by atoms with Gasteiger partial charge in [0.05, 0.1) is 20.8 Å². The van der Waals surface area contributed by atoms with Crippen molar-refractivity contribution in [2.45, 2.75) is 9.79 Å².